The number of carbonyl (C=O) groups is 2. The van der Waals surface area contributed by atoms with Gasteiger partial charge in [0.25, 0.3) is 0 Å². The Labute approximate surface area is 199 Å². The van der Waals surface area contributed by atoms with Crippen molar-refractivity contribution < 1.29 is 28.5 Å². The van der Waals surface area contributed by atoms with Crippen molar-refractivity contribution in [1.82, 2.24) is 0 Å². The molecule has 0 unspecified atom stereocenters. The van der Waals surface area contributed by atoms with E-state index in [9.17, 15) is 9.59 Å². The molecule has 0 aliphatic rings. The third-order valence-electron chi connectivity index (χ3n) is 5.13. The van der Waals surface area contributed by atoms with Crippen molar-refractivity contribution in [1.29, 1.82) is 0 Å². The molecule has 3 rings (SSSR count). The highest BCUT2D eigenvalue weighted by molar-refractivity contribution is 5.94. The summed E-state index contributed by atoms with van der Waals surface area (Å²) in [5.74, 6) is 0.0454. The molecule has 0 aliphatic carbocycles. The van der Waals surface area contributed by atoms with Gasteiger partial charge in [-0.05, 0) is 46.5 Å². The molecule has 3 aromatic rings. The van der Waals surface area contributed by atoms with Crippen LogP contribution in [0.15, 0.2) is 60.7 Å². The lowest BCUT2D eigenvalue weighted by Crippen LogP contribution is -2.04. The van der Waals surface area contributed by atoms with E-state index < -0.39 is 11.9 Å². The van der Waals surface area contributed by atoms with Crippen molar-refractivity contribution in [3.05, 3.63) is 94.0 Å². The molecule has 0 fully saturated rings. The van der Waals surface area contributed by atoms with Gasteiger partial charge in [0.1, 0.15) is 22.6 Å². The lowest BCUT2D eigenvalue weighted by molar-refractivity contribution is 0.0588. The number of hydrogen-bond donors (Lipinski definition) is 0. The summed E-state index contributed by atoms with van der Waals surface area (Å²) in [6, 6.07) is 18.7. The molecule has 0 amide bonds. The Hall–Kier alpha value is -4.32. The van der Waals surface area contributed by atoms with Gasteiger partial charge in [-0.15, -0.1) is 0 Å². The molecule has 3 aromatic carbocycles. The summed E-state index contributed by atoms with van der Waals surface area (Å²) >= 11 is 0. The highest BCUT2D eigenvalue weighted by Crippen LogP contribution is 2.23. The van der Waals surface area contributed by atoms with Gasteiger partial charge in [-0.2, -0.15) is 0 Å². The predicted molar refractivity (Wildman–Crippen MR) is 133 cm³/mol. The van der Waals surface area contributed by atoms with Crippen LogP contribution < -0.4 is 9.47 Å². The van der Waals surface area contributed by atoms with Crippen LogP contribution in [0, 0.1) is 0 Å². The zero-order valence-electron chi connectivity index (χ0n) is 19.5. The lowest BCUT2D eigenvalue weighted by Gasteiger charge is -2.07. The maximum atomic E-state index is 12.0. The minimum Gasteiger partial charge on any atom is -0.496 e. The third-order valence-corrected chi connectivity index (χ3v) is 5.13. The second-order valence-corrected chi connectivity index (χ2v) is 7.24. The lowest BCUT2D eigenvalue weighted by atomic mass is 10.1. The molecule has 0 N–H and O–H groups in total. The molecule has 6 nitrogen and oxygen atoms in total. The quantitative estimate of drug-likeness (QED) is 0.322. The van der Waals surface area contributed by atoms with Crippen molar-refractivity contribution in [2.75, 3.05) is 28.4 Å². The largest absolute Gasteiger partial charge is 0.496 e. The average Bonchev–Trinajstić information content (AvgIpc) is 2.89. The van der Waals surface area contributed by atoms with Crippen molar-refractivity contribution in [3.8, 4) is 11.5 Å². The molecule has 6 heteroatoms. The Balaban J connectivity index is 1.74. The molecule has 0 aromatic heterocycles. The summed E-state index contributed by atoms with van der Waals surface area (Å²) in [5.41, 5.74) is 4.47. The fourth-order valence-corrected chi connectivity index (χ4v) is 3.30. The van der Waals surface area contributed by atoms with Crippen LogP contribution in [0.25, 0.3) is 24.3 Å². The van der Waals surface area contributed by atoms with E-state index in [2.05, 4.69) is 0 Å². The molecular formula is C28H26O6. The summed E-state index contributed by atoms with van der Waals surface area (Å²) in [6.07, 6.45) is 7.76. The van der Waals surface area contributed by atoms with Crippen LogP contribution >= 0.6 is 0 Å². The van der Waals surface area contributed by atoms with Crippen LogP contribution in [0.4, 0.5) is 0 Å². The molecule has 0 bridgehead atoms. The first-order valence-corrected chi connectivity index (χ1v) is 10.5. The number of methoxy groups -OCH3 is 4. The van der Waals surface area contributed by atoms with E-state index in [-0.39, 0.29) is 0 Å². The van der Waals surface area contributed by atoms with Crippen molar-refractivity contribution >= 4 is 36.2 Å². The Morgan fingerprint density at radius 2 is 0.853 bits per heavy atom. The van der Waals surface area contributed by atoms with Gasteiger partial charge >= 0.3 is 11.9 Å². The number of benzene rings is 3. The van der Waals surface area contributed by atoms with Gasteiger partial charge in [-0.1, -0.05) is 60.7 Å². The van der Waals surface area contributed by atoms with E-state index in [1.165, 1.54) is 28.4 Å². The van der Waals surface area contributed by atoms with Gasteiger partial charge in [-0.3, -0.25) is 0 Å². The molecule has 0 saturated heterocycles. The first-order chi connectivity index (χ1) is 16.5. The monoisotopic (exact) mass is 458 g/mol. The maximum absolute atomic E-state index is 12.0. The van der Waals surface area contributed by atoms with Crippen LogP contribution in [-0.4, -0.2) is 40.4 Å². The second-order valence-electron chi connectivity index (χ2n) is 7.24. The molecule has 174 valence electrons. The Kier molecular flexibility index (Phi) is 8.24. The normalized spacial score (nSPS) is 10.9. The van der Waals surface area contributed by atoms with Gasteiger partial charge in [0, 0.05) is 0 Å². The fraction of sp³-hybridized carbons (Fsp3) is 0.143. The number of esters is 2. The SMILES string of the molecule is COC(=O)c1cc(/C=C/c2ccc(/C=C/c3ccc(OC)c(C(=O)OC)c3)cc2)ccc1OC. The van der Waals surface area contributed by atoms with Gasteiger partial charge in [-0.25, -0.2) is 9.59 Å². The number of rotatable bonds is 8. The Morgan fingerprint density at radius 1 is 0.529 bits per heavy atom. The molecular weight excluding hydrogens is 432 g/mol. The summed E-state index contributed by atoms with van der Waals surface area (Å²) in [6.45, 7) is 0. The molecule has 0 spiro atoms. The summed E-state index contributed by atoms with van der Waals surface area (Å²) in [4.78, 5) is 23.9. The van der Waals surface area contributed by atoms with Crippen LogP contribution in [-0.2, 0) is 9.47 Å². The van der Waals surface area contributed by atoms with E-state index in [0.29, 0.717) is 22.6 Å². The number of ether oxygens (including phenoxy) is 4. The topological polar surface area (TPSA) is 71.1 Å². The summed E-state index contributed by atoms with van der Waals surface area (Å²) in [7, 11) is 5.71. The van der Waals surface area contributed by atoms with Crippen LogP contribution in [0.5, 0.6) is 11.5 Å². The number of hydrogen-bond acceptors (Lipinski definition) is 6. The Morgan fingerprint density at radius 3 is 1.18 bits per heavy atom. The van der Waals surface area contributed by atoms with Gasteiger partial charge in [0.15, 0.2) is 0 Å². The first-order valence-electron chi connectivity index (χ1n) is 10.5. The Bertz CT molecular complexity index is 1130. The minimum atomic E-state index is -0.446. The highest BCUT2D eigenvalue weighted by Gasteiger charge is 2.13. The molecule has 0 heterocycles. The number of carbonyl (C=O) groups excluding carboxylic acids is 2. The molecule has 0 atom stereocenters. The van der Waals surface area contributed by atoms with E-state index in [0.717, 1.165) is 22.3 Å². The zero-order valence-corrected chi connectivity index (χ0v) is 19.5. The smallest absolute Gasteiger partial charge is 0.341 e. The fourth-order valence-electron chi connectivity index (χ4n) is 3.30. The van der Waals surface area contributed by atoms with Crippen molar-refractivity contribution in [2.45, 2.75) is 0 Å². The molecule has 0 saturated carbocycles. The van der Waals surface area contributed by atoms with Gasteiger partial charge in [0.2, 0.25) is 0 Å². The predicted octanol–water partition coefficient (Wildman–Crippen LogP) is 5.62. The van der Waals surface area contributed by atoms with Crippen LogP contribution in [0.2, 0.25) is 0 Å². The standard InChI is InChI=1S/C28H26O6/c1-31-25-15-13-21(17-23(25)27(29)33-3)11-9-19-5-7-20(8-6-19)10-12-22-14-16-26(32-2)24(18-22)28(30)34-4/h5-18H,1-4H3/b11-9+,12-10+. The van der Waals surface area contributed by atoms with Crippen molar-refractivity contribution in [3.63, 3.8) is 0 Å². The van der Waals surface area contributed by atoms with E-state index >= 15 is 0 Å². The highest BCUT2D eigenvalue weighted by atomic mass is 16.5. The van der Waals surface area contributed by atoms with Crippen molar-refractivity contribution in [2.24, 2.45) is 0 Å². The van der Waals surface area contributed by atoms with E-state index in [1.54, 1.807) is 24.3 Å². The third kappa shape index (κ3) is 5.92. The summed E-state index contributed by atoms with van der Waals surface area (Å²) in [5, 5.41) is 0. The molecule has 0 radical (unpaired) electrons. The molecule has 0 aliphatic heterocycles. The van der Waals surface area contributed by atoms with Crippen LogP contribution in [0.3, 0.4) is 0 Å². The second kappa shape index (κ2) is 11.5. The average molecular weight is 459 g/mol. The van der Waals surface area contributed by atoms with Crippen LogP contribution in [0.1, 0.15) is 43.0 Å². The van der Waals surface area contributed by atoms with E-state index in [4.69, 9.17) is 18.9 Å². The van der Waals surface area contributed by atoms with E-state index in [1.807, 2.05) is 60.7 Å². The maximum Gasteiger partial charge on any atom is 0.341 e. The first kappa shape index (κ1) is 24.3. The summed E-state index contributed by atoms with van der Waals surface area (Å²) < 4.78 is 20.1. The zero-order chi connectivity index (χ0) is 24.5. The molecule has 34 heavy (non-hydrogen) atoms. The minimum absolute atomic E-state index is 0.376. The van der Waals surface area contributed by atoms with Gasteiger partial charge in [0.05, 0.1) is 28.4 Å². The van der Waals surface area contributed by atoms with Gasteiger partial charge < -0.3 is 18.9 Å².